The van der Waals surface area contributed by atoms with Crippen molar-refractivity contribution in [1.29, 1.82) is 0 Å². The number of carbonyl (C=O) groups excluding carboxylic acids is 2. The average Bonchev–Trinajstić information content (AvgIpc) is 3.24. The number of rotatable bonds is 8. The van der Waals surface area contributed by atoms with E-state index in [1.165, 1.54) is 13.3 Å². The molecule has 7 nitrogen and oxygen atoms in total. The van der Waals surface area contributed by atoms with E-state index in [9.17, 15) is 9.59 Å². The van der Waals surface area contributed by atoms with Crippen LogP contribution in [0.1, 0.15) is 34.7 Å². The van der Waals surface area contributed by atoms with E-state index in [0.717, 1.165) is 11.1 Å². The predicted molar refractivity (Wildman–Crippen MR) is 112 cm³/mol. The number of nitrogens with zero attached hydrogens (tertiary/aromatic N) is 1. The summed E-state index contributed by atoms with van der Waals surface area (Å²) >= 11 is 0. The summed E-state index contributed by atoms with van der Waals surface area (Å²) < 4.78 is 16.0. The molecule has 30 heavy (non-hydrogen) atoms. The molecule has 1 N–H and O–H groups in total. The first-order valence-electron chi connectivity index (χ1n) is 9.40. The molecule has 0 saturated heterocycles. The number of hydrogen-bond acceptors (Lipinski definition) is 6. The van der Waals surface area contributed by atoms with Crippen LogP contribution >= 0.6 is 0 Å². The van der Waals surface area contributed by atoms with Crippen LogP contribution in [0.5, 0.6) is 0 Å². The number of furan rings is 1. The average molecular weight is 406 g/mol. The number of hydrazone groups is 1. The molecule has 3 aromatic rings. The highest BCUT2D eigenvalue weighted by molar-refractivity contribution is 5.90. The van der Waals surface area contributed by atoms with Gasteiger partial charge in [-0.2, -0.15) is 5.10 Å². The van der Waals surface area contributed by atoms with Gasteiger partial charge in [0.05, 0.1) is 18.4 Å². The summed E-state index contributed by atoms with van der Waals surface area (Å²) in [5, 5.41) is 3.94. The molecule has 0 bridgehead atoms. The highest BCUT2D eigenvalue weighted by Crippen LogP contribution is 2.22. The van der Waals surface area contributed by atoms with Gasteiger partial charge in [-0.3, -0.25) is 4.79 Å². The molecule has 3 rings (SSSR count). The van der Waals surface area contributed by atoms with Crippen molar-refractivity contribution < 1.29 is 23.5 Å². The minimum absolute atomic E-state index is 0.328. The summed E-state index contributed by atoms with van der Waals surface area (Å²) in [4.78, 5) is 24.0. The highest BCUT2D eigenvalue weighted by atomic mass is 16.5. The third-order valence-electron chi connectivity index (χ3n) is 4.25. The van der Waals surface area contributed by atoms with E-state index in [1.807, 2.05) is 30.3 Å². The van der Waals surface area contributed by atoms with Gasteiger partial charge in [0.15, 0.2) is 6.10 Å². The molecule has 1 aromatic heterocycles. The van der Waals surface area contributed by atoms with Crippen molar-refractivity contribution in [1.82, 2.24) is 5.43 Å². The topological polar surface area (TPSA) is 90.1 Å². The third-order valence-corrected chi connectivity index (χ3v) is 4.25. The fourth-order valence-electron chi connectivity index (χ4n) is 2.80. The predicted octanol–water partition coefficient (Wildman–Crippen LogP) is 3.96. The molecule has 0 unspecified atom stereocenters. The van der Waals surface area contributed by atoms with E-state index in [-0.39, 0.29) is 11.9 Å². The van der Waals surface area contributed by atoms with Crippen molar-refractivity contribution in [3.63, 3.8) is 0 Å². The van der Waals surface area contributed by atoms with Crippen LogP contribution in [-0.2, 0) is 14.3 Å². The molecule has 0 spiro atoms. The van der Waals surface area contributed by atoms with Crippen molar-refractivity contribution in [3.05, 3.63) is 83.6 Å². The Morgan fingerprint density at radius 3 is 2.47 bits per heavy atom. The van der Waals surface area contributed by atoms with Crippen molar-refractivity contribution in [2.45, 2.75) is 13.0 Å². The Hall–Kier alpha value is -3.71. The molecular formula is C23H22N2O5. The van der Waals surface area contributed by atoms with Crippen molar-refractivity contribution >= 4 is 18.1 Å². The van der Waals surface area contributed by atoms with Crippen LogP contribution in [0, 0.1) is 0 Å². The molecule has 1 amide bonds. The number of esters is 1. The summed E-state index contributed by atoms with van der Waals surface area (Å²) in [5.41, 5.74) is 4.47. The molecule has 0 aliphatic rings. The zero-order valence-corrected chi connectivity index (χ0v) is 16.7. The third kappa shape index (κ3) is 5.21. The second-order valence-corrected chi connectivity index (χ2v) is 6.26. The first-order chi connectivity index (χ1) is 14.6. The van der Waals surface area contributed by atoms with Gasteiger partial charge in [-0.25, -0.2) is 10.2 Å². The quantitative estimate of drug-likeness (QED) is 0.347. The van der Waals surface area contributed by atoms with Gasteiger partial charge in [-0.15, -0.1) is 0 Å². The first-order valence-corrected chi connectivity index (χ1v) is 9.40. The smallest absolute Gasteiger partial charge is 0.338 e. The van der Waals surface area contributed by atoms with E-state index in [0.29, 0.717) is 23.7 Å². The molecule has 7 heteroatoms. The Bertz CT molecular complexity index is 1010. The summed E-state index contributed by atoms with van der Waals surface area (Å²) in [6.07, 6.45) is 0.653. The Balaban J connectivity index is 1.61. The van der Waals surface area contributed by atoms with Crippen LogP contribution in [0.4, 0.5) is 0 Å². The number of carbonyl (C=O) groups is 2. The van der Waals surface area contributed by atoms with Crippen molar-refractivity contribution in [3.8, 4) is 11.3 Å². The number of ether oxygens (including phenoxy) is 2. The molecule has 0 aliphatic heterocycles. The summed E-state index contributed by atoms with van der Waals surface area (Å²) in [6.45, 7) is 2.09. The molecule has 0 saturated carbocycles. The van der Waals surface area contributed by atoms with E-state index in [2.05, 4.69) is 10.5 Å². The van der Waals surface area contributed by atoms with Gasteiger partial charge in [0.1, 0.15) is 11.5 Å². The molecule has 1 atom stereocenters. The Morgan fingerprint density at radius 2 is 1.80 bits per heavy atom. The zero-order chi connectivity index (χ0) is 21.3. The maximum Gasteiger partial charge on any atom is 0.338 e. The van der Waals surface area contributed by atoms with Crippen LogP contribution in [0.15, 0.2) is 76.2 Å². The molecule has 0 aliphatic carbocycles. The largest absolute Gasteiger partial charge is 0.462 e. The standard InChI is InChI=1S/C23H22N2O5/c1-3-29-23(27)18-11-9-16(10-12-18)20-14-13-19(30-20)15-24-25-22(26)21(28-2)17-7-5-4-6-8-17/h4-15,21H,3H2,1-2H3,(H,25,26)/b24-15-/t21-/m0/s1. The van der Waals surface area contributed by atoms with Gasteiger partial charge in [0, 0.05) is 12.7 Å². The van der Waals surface area contributed by atoms with Gasteiger partial charge >= 0.3 is 5.97 Å². The van der Waals surface area contributed by atoms with E-state index >= 15 is 0 Å². The van der Waals surface area contributed by atoms with Crippen LogP contribution in [0.25, 0.3) is 11.3 Å². The lowest BCUT2D eigenvalue weighted by Crippen LogP contribution is -2.26. The lowest BCUT2D eigenvalue weighted by atomic mass is 10.1. The number of benzene rings is 2. The number of amides is 1. The summed E-state index contributed by atoms with van der Waals surface area (Å²) in [7, 11) is 1.47. The fourth-order valence-corrected chi connectivity index (χ4v) is 2.80. The number of nitrogens with one attached hydrogen (secondary N) is 1. The van der Waals surface area contributed by atoms with Gasteiger partial charge in [-0.05, 0) is 36.8 Å². The second-order valence-electron chi connectivity index (χ2n) is 6.26. The Morgan fingerprint density at radius 1 is 1.07 bits per heavy atom. The van der Waals surface area contributed by atoms with Gasteiger partial charge in [0.2, 0.25) is 0 Å². The van der Waals surface area contributed by atoms with Crippen LogP contribution in [0.3, 0.4) is 0 Å². The highest BCUT2D eigenvalue weighted by Gasteiger charge is 2.19. The van der Waals surface area contributed by atoms with Crippen molar-refractivity contribution in [2.75, 3.05) is 13.7 Å². The van der Waals surface area contributed by atoms with Gasteiger partial charge < -0.3 is 13.9 Å². The normalized spacial score (nSPS) is 11.9. The maximum atomic E-state index is 12.3. The summed E-state index contributed by atoms with van der Waals surface area (Å²) in [5.74, 6) is 0.323. The van der Waals surface area contributed by atoms with Gasteiger partial charge in [-0.1, -0.05) is 42.5 Å². The first kappa shape index (κ1) is 21.0. The molecule has 2 aromatic carbocycles. The van der Waals surface area contributed by atoms with Crippen molar-refractivity contribution in [2.24, 2.45) is 5.10 Å². The number of hydrogen-bond donors (Lipinski definition) is 1. The lowest BCUT2D eigenvalue weighted by Gasteiger charge is -2.13. The van der Waals surface area contributed by atoms with Crippen LogP contribution < -0.4 is 5.43 Å². The van der Waals surface area contributed by atoms with Crippen LogP contribution in [0.2, 0.25) is 0 Å². The Kier molecular flexibility index (Phi) is 7.13. The molecule has 1 heterocycles. The molecule has 154 valence electrons. The summed E-state index contributed by atoms with van der Waals surface area (Å²) in [6, 6.07) is 19.6. The molecular weight excluding hydrogens is 384 g/mol. The van der Waals surface area contributed by atoms with Gasteiger partial charge in [0.25, 0.3) is 5.91 Å². The molecule has 0 fully saturated rings. The SMILES string of the molecule is CCOC(=O)c1ccc(-c2ccc(/C=N\NC(=O)[C@@H](OC)c3ccccc3)o2)cc1. The van der Waals surface area contributed by atoms with E-state index < -0.39 is 6.10 Å². The number of methoxy groups -OCH3 is 1. The second kappa shape index (κ2) is 10.2. The minimum Gasteiger partial charge on any atom is -0.462 e. The van der Waals surface area contributed by atoms with E-state index in [1.54, 1.807) is 43.3 Å². The van der Waals surface area contributed by atoms with E-state index in [4.69, 9.17) is 13.9 Å². The van der Waals surface area contributed by atoms with Crippen LogP contribution in [-0.4, -0.2) is 31.8 Å². The minimum atomic E-state index is -0.756. The zero-order valence-electron chi connectivity index (χ0n) is 16.7. The Labute approximate surface area is 174 Å². The molecule has 0 radical (unpaired) electrons. The lowest BCUT2D eigenvalue weighted by molar-refractivity contribution is -0.131. The monoisotopic (exact) mass is 406 g/mol. The maximum absolute atomic E-state index is 12.3. The fraction of sp³-hybridized carbons (Fsp3) is 0.174.